The average molecular weight is 628 g/mol. The molecule has 1 aliphatic carbocycles. The van der Waals surface area contributed by atoms with E-state index in [9.17, 15) is 22.8 Å². The molecule has 0 aromatic carbocycles. The summed E-state index contributed by atoms with van der Waals surface area (Å²) in [6.45, 7) is 2.74. The molecule has 14 nitrogen and oxygen atoms in total. The quantitative estimate of drug-likeness (QED) is 0.264. The van der Waals surface area contributed by atoms with Gasteiger partial charge in [-0.25, -0.2) is 28.2 Å². The summed E-state index contributed by atoms with van der Waals surface area (Å²) in [5.41, 5.74) is 1.71. The van der Waals surface area contributed by atoms with Crippen LogP contribution in [-0.4, -0.2) is 76.1 Å². The summed E-state index contributed by atoms with van der Waals surface area (Å²) in [4.78, 5) is 62.1. The third kappa shape index (κ3) is 5.02. The van der Waals surface area contributed by atoms with Gasteiger partial charge in [0.15, 0.2) is 9.84 Å². The second-order valence-electron chi connectivity index (χ2n) is 11.8. The van der Waals surface area contributed by atoms with Crippen molar-refractivity contribution < 1.29 is 22.8 Å². The van der Waals surface area contributed by atoms with Crippen molar-refractivity contribution in [3.05, 3.63) is 65.9 Å². The number of sulfone groups is 1. The van der Waals surface area contributed by atoms with Crippen LogP contribution in [0.5, 0.6) is 0 Å². The molecular weight excluding hydrogens is 598 g/mol. The lowest BCUT2D eigenvalue weighted by atomic mass is 9.75. The molecule has 2 saturated heterocycles. The number of nitrogens with one attached hydrogen (secondary N) is 3. The average Bonchev–Trinajstić information content (AvgIpc) is 3.73. The summed E-state index contributed by atoms with van der Waals surface area (Å²) in [6, 6.07) is 8.19. The Morgan fingerprint density at radius 2 is 1.82 bits per heavy atom. The maximum absolute atomic E-state index is 12.8. The van der Waals surface area contributed by atoms with E-state index < -0.39 is 27.3 Å². The van der Waals surface area contributed by atoms with Gasteiger partial charge in [-0.1, -0.05) is 0 Å². The van der Waals surface area contributed by atoms with E-state index in [-0.39, 0.29) is 28.3 Å². The minimum atomic E-state index is -3.53. The highest BCUT2D eigenvalue weighted by Crippen LogP contribution is 2.58. The number of hydrogen-bond donors (Lipinski definition) is 3. The van der Waals surface area contributed by atoms with Gasteiger partial charge < -0.3 is 15.5 Å². The van der Waals surface area contributed by atoms with Gasteiger partial charge in [0.25, 0.3) is 11.8 Å². The summed E-state index contributed by atoms with van der Waals surface area (Å²) >= 11 is 0. The fraction of sp³-hybridized carbons (Fsp3) is 0.333. The Balaban J connectivity index is 1.08. The highest BCUT2D eigenvalue weighted by atomic mass is 32.2. The lowest BCUT2D eigenvalue weighted by Crippen LogP contribution is -2.63. The Hall–Kier alpha value is -5.05. The minimum Gasteiger partial charge on any atom is -0.346 e. The Morgan fingerprint density at radius 1 is 1.02 bits per heavy atom. The standard InChI is InChI=1S/C30H29N9O5S/c1-17-24(45(2,43)44)11-19(14-32-17)25(40)34-15-20-12-23-18(13-33-20)3-4-21(35-23)22-5-9-31-27(36-22)39-10-8-30(29(16-39)6-7-29)26(41)37-28(42)38-30/h3-5,9,11-14H,6-8,10,15-16H2,1-2H3,(H,34,40)(H2,37,38,41,42)/t30-/m0/s1. The monoisotopic (exact) mass is 627 g/mol. The SMILES string of the molecule is Cc1ncc(C(=O)NCc2cc3nc(-c4ccnc(N5CC[C@@]6(NC(=O)NC6=O)C6(CC6)C5)n4)ccc3cn2)cc1S(C)(=O)=O. The van der Waals surface area contributed by atoms with E-state index in [0.29, 0.717) is 53.8 Å². The van der Waals surface area contributed by atoms with Crippen molar-refractivity contribution in [1.82, 2.24) is 40.9 Å². The lowest BCUT2D eigenvalue weighted by molar-refractivity contribution is -0.127. The van der Waals surface area contributed by atoms with Gasteiger partial charge >= 0.3 is 6.03 Å². The van der Waals surface area contributed by atoms with Crippen LogP contribution in [0.25, 0.3) is 22.3 Å². The van der Waals surface area contributed by atoms with Crippen LogP contribution >= 0.6 is 0 Å². The predicted molar refractivity (Wildman–Crippen MR) is 162 cm³/mol. The van der Waals surface area contributed by atoms with Gasteiger partial charge in [0.2, 0.25) is 5.95 Å². The third-order valence-electron chi connectivity index (χ3n) is 8.90. The first kappa shape index (κ1) is 28.7. The highest BCUT2D eigenvalue weighted by Gasteiger charge is 2.68. The molecule has 1 atom stereocenters. The first-order valence-electron chi connectivity index (χ1n) is 14.4. The van der Waals surface area contributed by atoms with E-state index in [2.05, 4.69) is 35.8 Å². The number of rotatable bonds is 6. The molecule has 4 aromatic heterocycles. The predicted octanol–water partition coefficient (Wildman–Crippen LogP) is 1.69. The number of anilines is 1. The zero-order valence-corrected chi connectivity index (χ0v) is 25.3. The molecule has 0 unspecified atom stereocenters. The normalized spacial score (nSPS) is 20.4. The first-order chi connectivity index (χ1) is 21.5. The Labute approximate surface area is 258 Å². The van der Waals surface area contributed by atoms with Crippen molar-refractivity contribution in [2.75, 3.05) is 24.2 Å². The number of piperidine rings is 1. The van der Waals surface area contributed by atoms with Gasteiger partial charge in [0, 0.05) is 48.7 Å². The summed E-state index contributed by atoms with van der Waals surface area (Å²) in [7, 11) is -3.53. The number of amides is 4. The van der Waals surface area contributed by atoms with Gasteiger partial charge in [-0.15, -0.1) is 0 Å². The molecule has 7 rings (SSSR count). The molecule has 3 aliphatic rings. The van der Waals surface area contributed by atoms with E-state index in [1.165, 1.54) is 12.3 Å². The van der Waals surface area contributed by atoms with Crippen molar-refractivity contribution in [2.45, 2.75) is 43.2 Å². The number of carbonyl (C=O) groups excluding carboxylic acids is 3. The van der Waals surface area contributed by atoms with Gasteiger partial charge in [0.1, 0.15) is 5.54 Å². The van der Waals surface area contributed by atoms with Crippen molar-refractivity contribution in [3.8, 4) is 11.4 Å². The van der Waals surface area contributed by atoms with E-state index >= 15 is 0 Å². The highest BCUT2D eigenvalue weighted by molar-refractivity contribution is 7.90. The van der Waals surface area contributed by atoms with Gasteiger partial charge in [0.05, 0.1) is 45.3 Å². The molecule has 0 radical (unpaired) electrons. The molecule has 0 bridgehead atoms. The third-order valence-corrected chi connectivity index (χ3v) is 10.1. The molecule has 4 aromatic rings. The van der Waals surface area contributed by atoms with E-state index in [1.807, 2.05) is 12.1 Å². The number of pyridine rings is 3. The fourth-order valence-corrected chi connectivity index (χ4v) is 7.25. The number of fused-ring (bicyclic) bond motifs is 2. The summed E-state index contributed by atoms with van der Waals surface area (Å²) in [6.07, 6.45) is 7.91. The number of aryl methyl sites for hydroxylation is 1. The molecule has 15 heteroatoms. The Morgan fingerprint density at radius 3 is 2.56 bits per heavy atom. The van der Waals surface area contributed by atoms with Crippen LogP contribution in [0.3, 0.4) is 0 Å². The smallest absolute Gasteiger partial charge is 0.322 e. The number of carbonyl (C=O) groups is 3. The van der Waals surface area contributed by atoms with Crippen molar-refractivity contribution in [2.24, 2.45) is 5.41 Å². The molecule has 6 heterocycles. The van der Waals surface area contributed by atoms with Crippen molar-refractivity contribution in [3.63, 3.8) is 0 Å². The number of nitrogens with zero attached hydrogens (tertiary/aromatic N) is 6. The summed E-state index contributed by atoms with van der Waals surface area (Å²) < 4.78 is 24.1. The molecule has 3 fully saturated rings. The minimum absolute atomic E-state index is 0.00884. The fourth-order valence-electron chi connectivity index (χ4n) is 6.32. The van der Waals surface area contributed by atoms with Gasteiger partial charge in [-0.05, 0) is 56.5 Å². The van der Waals surface area contributed by atoms with Crippen LogP contribution in [0.1, 0.15) is 41.0 Å². The molecule has 230 valence electrons. The molecule has 2 aliphatic heterocycles. The zero-order valence-electron chi connectivity index (χ0n) is 24.5. The Kier molecular flexibility index (Phi) is 6.54. The number of imide groups is 1. The van der Waals surface area contributed by atoms with Gasteiger partial charge in [-0.2, -0.15) is 0 Å². The number of urea groups is 1. The van der Waals surface area contributed by atoms with Crippen LogP contribution in [-0.2, 0) is 21.2 Å². The van der Waals surface area contributed by atoms with Crippen molar-refractivity contribution >= 4 is 44.5 Å². The van der Waals surface area contributed by atoms with Crippen LogP contribution in [0, 0.1) is 12.3 Å². The molecule has 45 heavy (non-hydrogen) atoms. The van der Waals surface area contributed by atoms with Gasteiger partial charge in [-0.3, -0.25) is 24.9 Å². The second-order valence-corrected chi connectivity index (χ2v) is 13.8. The van der Waals surface area contributed by atoms with Crippen LogP contribution < -0.4 is 20.9 Å². The maximum Gasteiger partial charge on any atom is 0.322 e. The van der Waals surface area contributed by atoms with E-state index in [0.717, 1.165) is 24.5 Å². The number of hydrogen-bond acceptors (Lipinski definition) is 11. The lowest BCUT2D eigenvalue weighted by Gasteiger charge is -2.44. The molecular formula is C30H29N9O5S. The van der Waals surface area contributed by atoms with Crippen LogP contribution in [0.2, 0.25) is 0 Å². The summed E-state index contributed by atoms with van der Waals surface area (Å²) in [5.74, 6) is -0.193. The summed E-state index contributed by atoms with van der Waals surface area (Å²) in [5, 5.41) is 8.88. The topological polar surface area (TPSA) is 189 Å². The van der Waals surface area contributed by atoms with Crippen LogP contribution in [0.4, 0.5) is 10.7 Å². The Bertz CT molecular complexity index is 2030. The zero-order chi connectivity index (χ0) is 31.6. The second kappa shape index (κ2) is 10.3. The first-order valence-corrected chi connectivity index (χ1v) is 16.3. The molecule has 3 N–H and O–H groups in total. The maximum atomic E-state index is 12.8. The molecule has 4 amide bonds. The molecule has 2 spiro atoms. The van der Waals surface area contributed by atoms with E-state index in [1.54, 1.807) is 31.5 Å². The molecule has 1 saturated carbocycles. The van der Waals surface area contributed by atoms with E-state index in [4.69, 9.17) is 9.97 Å². The van der Waals surface area contributed by atoms with Crippen molar-refractivity contribution in [1.29, 1.82) is 0 Å². The largest absolute Gasteiger partial charge is 0.346 e. The number of aromatic nitrogens is 5. The van der Waals surface area contributed by atoms with Crippen LogP contribution in [0.15, 0.2) is 53.8 Å².